The summed E-state index contributed by atoms with van der Waals surface area (Å²) in [5.74, 6) is -0.379. The van der Waals surface area contributed by atoms with Gasteiger partial charge in [-0.1, -0.05) is 45.0 Å². The van der Waals surface area contributed by atoms with Crippen molar-refractivity contribution in [3.63, 3.8) is 0 Å². The third-order valence-corrected chi connectivity index (χ3v) is 5.39. The number of alkyl halides is 1. The van der Waals surface area contributed by atoms with E-state index in [0.717, 1.165) is 5.56 Å². The molecule has 0 spiro atoms. The Bertz CT molecular complexity index is 719. The first-order valence-corrected chi connectivity index (χ1v) is 10.9. The second kappa shape index (κ2) is 9.90. The van der Waals surface area contributed by atoms with Gasteiger partial charge in [-0.2, -0.15) is 0 Å². The number of nitrogens with one attached hydrogen (secondary N) is 2. The second-order valence-corrected chi connectivity index (χ2v) is 10.5. The number of hydrogen-bond donors (Lipinski definition) is 2. The Morgan fingerprint density at radius 1 is 1.07 bits per heavy atom. The van der Waals surface area contributed by atoms with Gasteiger partial charge in [-0.25, -0.2) is 4.39 Å². The van der Waals surface area contributed by atoms with E-state index in [2.05, 4.69) is 43.5 Å². The molecule has 1 aromatic rings. The summed E-state index contributed by atoms with van der Waals surface area (Å²) in [6.07, 6.45) is -0.120. The third kappa shape index (κ3) is 8.05. The van der Waals surface area contributed by atoms with Crippen LogP contribution in [-0.2, 0) is 21.4 Å². The van der Waals surface area contributed by atoms with Crippen molar-refractivity contribution in [2.75, 3.05) is 26.2 Å². The molecule has 6 heteroatoms. The SMILES string of the molecule is CC(C)(C)NC(=O)CN1CC[C@H](CNC(=O)Cc2ccc(C(C)(C)C)cc2)[C@H](F)C1. The first-order valence-electron chi connectivity index (χ1n) is 10.9. The largest absolute Gasteiger partial charge is 0.355 e. The van der Waals surface area contributed by atoms with Gasteiger partial charge in [-0.15, -0.1) is 0 Å². The minimum Gasteiger partial charge on any atom is -0.355 e. The van der Waals surface area contributed by atoms with Crippen molar-refractivity contribution in [1.29, 1.82) is 0 Å². The van der Waals surface area contributed by atoms with E-state index in [0.29, 0.717) is 25.9 Å². The van der Waals surface area contributed by atoms with Crippen LogP contribution in [0.2, 0.25) is 0 Å². The van der Waals surface area contributed by atoms with Gasteiger partial charge in [0.2, 0.25) is 11.8 Å². The summed E-state index contributed by atoms with van der Waals surface area (Å²) in [6.45, 7) is 13.7. The van der Waals surface area contributed by atoms with Crippen molar-refractivity contribution < 1.29 is 14.0 Å². The number of nitrogens with zero attached hydrogens (tertiary/aromatic N) is 1. The Hall–Kier alpha value is -1.95. The van der Waals surface area contributed by atoms with E-state index >= 15 is 0 Å². The molecule has 0 bridgehead atoms. The molecule has 2 amide bonds. The summed E-state index contributed by atoms with van der Waals surface area (Å²) in [4.78, 5) is 26.2. The molecule has 1 aliphatic rings. The van der Waals surface area contributed by atoms with Crippen LogP contribution >= 0.6 is 0 Å². The molecule has 30 heavy (non-hydrogen) atoms. The number of benzene rings is 1. The summed E-state index contributed by atoms with van der Waals surface area (Å²) in [7, 11) is 0. The molecule has 2 rings (SSSR count). The van der Waals surface area contributed by atoms with Crippen LogP contribution in [0.25, 0.3) is 0 Å². The van der Waals surface area contributed by atoms with Crippen molar-refractivity contribution in [3.05, 3.63) is 35.4 Å². The normalized spacial score (nSPS) is 20.6. The zero-order valence-corrected chi connectivity index (χ0v) is 19.3. The highest BCUT2D eigenvalue weighted by Crippen LogP contribution is 2.22. The maximum atomic E-state index is 14.6. The van der Waals surface area contributed by atoms with Gasteiger partial charge in [0, 0.05) is 24.5 Å². The van der Waals surface area contributed by atoms with Crippen molar-refractivity contribution >= 4 is 11.8 Å². The highest BCUT2D eigenvalue weighted by atomic mass is 19.1. The molecule has 0 aliphatic carbocycles. The summed E-state index contributed by atoms with van der Waals surface area (Å²) in [5.41, 5.74) is 1.98. The molecular formula is C24H38FN3O2. The van der Waals surface area contributed by atoms with Crippen molar-refractivity contribution in [2.24, 2.45) is 5.92 Å². The fourth-order valence-electron chi connectivity index (χ4n) is 3.67. The Labute approximate surface area is 180 Å². The second-order valence-electron chi connectivity index (χ2n) is 10.5. The molecule has 2 N–H and O–H groups in total. The minimum atomic E-state index is -1.05. The van der Waals surface area contributed by atoms with Gasteiger partial charge in [0.05, 0.1) is 13.0 Å². The van der Waals surface area contributed by atoms with Crippen molar-refractivity contribution in [2.45, 2.75) is 71.5 Å². The monoisotopic (exact) mass is 419 g/mol. The molecule has 1 saturated heterocycles. The Balaban J connectivity index is 1.75. The molecule has 0 aromatic heterocycles. The topological polar surface area (TPSA) is 61.4 Å². The molecule has 0 radical (unpaired) electrons. The van der Waals surface area contributed by atoms with Gasteiger partial charge < -0.3 is 10.6 Å². The number of rotatable bonds is 6. The summed E-state index contributed by atoms with van der Waals surface area (Å²) in [5, 5.41) is 5.79. The van der Waals surface area contributed by atoms with Crippen LogP contribution in [-0.4, -0.2) is 54.6 Å². The average molecular weight is 420 g/mol. The molecular weight excluding hydrogens is 381 g/mol. The summed E-state index contributed by atoms with van der Waals surface area (Å²) in [6, 6.07) is 8.09. The zero-order chi connectivity index (χ0) is 22.5. The fourth-order valence-corrected chi connectivity index (χ4v) is 3.67. The number of piperidine rings is 1. The molecule has 0 saturated carbocycles. The van der Waals surface area contributed by atoms with E-state index in [1.54, 1.807) is 0 Å². The molecule has 5 nitrogen and oxygen atoms in total. The van der Waals surface area contributed by atoms with Crippen LogP contribution in [0.4, 0.5) is 4.39 Å². The lowest BCUT2D eigenvalue weighted by molar-refractivity contribution is -0.124. The number of hydrogen-bond acceptors (Lipinski definition) is 3. The Kier molecular flexibility index (Phi) is 8.03. The van der Waals surface area contributed by atoms with Crippen LogP contribution in [0.15, 0.2) is 24.3 Å². The maximum Gasteiger partial charge on any atom is 0.234 e. The minimum absolute atomic E-state index is 0.0826. The van der Waals surface area contributed by atoms with Crippen LogP contribution in [0.3, 0.4) is 0 Å². The van der Waals surface area contributed by atoms with Crippen LogP contribution in [0.1, 0.15) is 59.1 Å². The molecule has 1 heterocycles. The molecule has 0 unspecified atom stereocenters. The molecule has 2 atom stereocenters. The van der Waals surface area contributed by atoms with Crippen molar-refractivity contribution in [1.82, 2.24) is 15.5 Å². The van der Waals surface area contributed by atoms with Gasteiger partial charge in [-0.05, 0) is 50.3 Å². The lowest BCUT2D eigenvalue weighted by Crippen LogP contribution is -2.51. The van der Waals surface area contributed by atoms with Gasteiger partial charge in [-0.3, -0.25) is 14.5 Å². The number of likely N-dealkylation sites (tertiary alicyclic amines) is 1. The predicted molar refractivity (Wildman–Crippen MR) is 119 cm³/mol. The Morgan fingerprint density at radius 2 is 1.70 bits per heavy atom. The smallest absolute Gasteiger partial charge is 0.234 e. The van der Waals surface area contributed by atoms with E-state index < -0.39 is 6.17 Å². The van der Waals surface area contributed by atoms with E-state index in [9.17, 15) is 14.0 Å². The lowest BCUT2D eigenvalue weighted by atomic mass is 9.86. The van der Waals surface area contributed by atoms with Gasteiger partial charge in [0.1, 0.15) is 6.17 Å². The average Bonchev–Trinajstić information content (AvgIpc) is 2.59. The molecule has 168 valence electrons. The first-order chi connectivity index (χ1) is 13.8. The number of carbonyl (C=O) groups excluding carboxylic acids is 2. The van der Waals surface area contributed by atoms with E-state index in [-0.39, 0.29) is 41.8 Å². The van der Waals surface area contributed by atoms with Crippen LogP contribution < -0.4 is 10.6 Å². The summed E-state index contributed by atoms with van der Waals surface area (Å²) >= 11 is 0. The quantitative estimate of drug-likeness (QED) is 0.744. The number of amides is 2. The molecule has 1 aliphatic heterocycles. The molecule has 1 fully saturated rings. The molecule has 1 aromatic carbocycles. The van der Waals surface area contributed by atoms with Gasteiger partial charge in [0.25, 0.3) is 0 Å². The zero-order valence-electron chi connectivity index (χ0n) is 19.3. The van der Waals surface area contributed by atoms with E-state index in [4.69, 9.17) is 0 Å². The van der Waals surface area contributed by atoms with Gasteiger partial charge >= 0.3 is 0 Å². The third-order valence-electron chi connectivity index (χ3n) is 5.39. The predicted octanol–water partition coefficient (Wildman–Crippen LogP) is 3.22. The highest BCUT2D eigenvalue weighted by molar-refractivity contribution is 5.79. The van der Waals surface area contributed by atoms with Crippen LogP contribution in [0, 0.1) is 5.92 Å². The standard InChI is InChI=1S/C24H38FN3O2/c1-23(2,3)19-9-7-17(8-10-19)13-21(29)26-14-18-11-12-28(15-20(18)25)16-22(30)27-24(4,5)6/h7-10,18,20H,11-16H2,1-6H3,(H,26,29)(H,27,30)/t18-,20-/m1/s1. The van der Waals surface area contributed by atoms with Crippen molar-refractivity contribution in [3.8, 4) is 0 Å². The number of carbonyl (C=O) groups is 2. The first kappa shape index (κ1) is 24.3. The van der Waals surface area contributed by atoms with E-state index in [1.807, 2.05) is 37.8 Å². The Morgan fingerprint density at radius 3 is 2.23 bits per heavy atom. The summed E-state index contributed by atoms with van der Waals surface area (Å²) < 4.78 is 14.6. The lowest BCUT2D eigenvalue weighted by Gasteiger charge is -2.35. The van der Waals surface area contributed by atoms with E-state index in [1.165, 1.54) is 5.56 Å². The highest BCUT2D eigenvalue weighted by Gasteiger charge is 2.30. The van der Waals surface area contributed by atoms with Gasteiger partial charge in [0.15, 0.2) is 0 Å². The maximum absolute atomic E-state index is 14.6. The fraction of sp³-hybridized carbons (Fsp3) is 0.667. The number of halogens is 1. The van der Waals surface area contributed by atoms with Crippen LogP contribution in [0.5, 0.6) is 0 Å².